The molecule has 0 fully saturated rings. The maximum atomic E-state index is 15.2. The fourth-order valence-electron chi connectivity index (χ4n) is 3.66. The Morgan fingerprint density at radius 1 is 1.32 bits per heavy atom. The lowest BCUT2D eigenvalue weighted by atomic mass is 10.1. The van der Waals surface area contributed by atoms with Crippen LogP contribution in [0, 0.1) is 5.82 Å². The molecule has 0 bridgehead atoms. The normalized spacial score (nSPS) is 14.2. The average Bonchev–Trinajstić information content (AvgIpc) is 3.10. The summed E-state index contributed by atoms with van der Waals surface area (Å²) in [4.78, 5) is 23.9. The molecule has 1 aliphatic rings. The molecule has 10 heteroatoms. The van der Waals surface area contributed by atoms with Crippen molar-refractivity contribution < 1.29 is 23.7 Å². The highest BCUT2D eigenvalue weighted by molar-refractivity contribution is 5.90. The van der Waals surface area contributed by atoms with E-state index in [1.165, 1.54) is 29.1 Å². The number of aliphatic hydroxyl groups is 1. The number of rotatable bonds is 5. The van der Waals surface area contributed by atoms with E-state index in [0.717, 1.165) is 0 Å². The highest BCUT2D eigenvalue weighted by Gasteiger charge is 2.22. The minimum absolute atomic E-state index is 0.000727. The average molecular weight is 426 g/mol. The van der Waals surface area contributed by atoms with Gasteiger partial charge in [-0.1, -0.05) is 0 Å². The topological polar surface area (TPSA) is 111 Å². The zero-order valence-electron chi connectivity index (χ0n) is 16.6. The van der Waals surface area contributed by atoms with Gasteiger partial charge in [0.1, 0.15) is 30.3 Å². The van der Waals surface area contributed by atoms with Crippen LogP contribution in [0.4, 0.5) is 4.39 Å². The molecule has 0 aliphatic carbocycles. The van der Waals surface area contributed by atoms with Gasteiger partial charge in [-0.15, -0.1) is 0 Å². The molecular formula is C21H19FN4O5. The third kappa shape index (κ3) is 3.25. The van der Waals surface area contributed by atoms with Crippen molar-refractivity contribution in [2.24, 2.45) is 0 Å². The summed E-state index contributed by atoms with van der Waals surface area (Å²) in [6.45, 7) is 2.50. The number of fused-ring (bicyclic) bond motifs is 4. The summed E-state index contributed by atoms with van der Waals surface area (Å²) < 4.78 is 33.5. The Kier molecular flexibility index (Phi) is 4.70. The molecule has 2 N–H and O–H groups in total. The van der Waals surface area contributed by atoms with Crippen molar-refractivity contribution >= 4 is 22.1 Å². The van der Waals surface area contributed by atoms with Gasteiger partial charge in [-0.05, 0) is 13.0 Å². The summed E-state index contributed by atoms with van der Waals surface area (Å²) in [5, 5.41) is 9.69. The number of H-pyrrole nitrogens is 1. The van der Waals surface area contributed by atoms with Gasteiger partial charge in [-0.25, -0.2) is 14.2 Å². The number of aliphatic hydroxyl groups excluding tert-OH is 1. The Labute approximate surface area is 175 Å². The van der Waals surface area contributed by atoms with E-state index in [9.17, 15) is 4.79 Å². The smallest absolute Gasteiger partial charge is 0.332 e. The summed E-state index contributed by atoms with van der Waals surface area (Å²) in [6.07, 6.45) is 3.06. The van der Waals surface area contributed by atoms with E-state index >= 15 is 4.39 Å². The number of pyridine rings is 2. The van der Waals surface area contributed by atoms with Crippen LogP contribution in [0.5, 0.6) is 17.2 Å². The Morgan fingerprint density at radius 3 is 3.00 bits per heavy atom. The molecule has 0 amide bonds. The van der Waals surface area contributed by atoms with Crippen molar-refractivity contribution in [3.63, 3.8) is 0 Å². The van der Waals surface area contributed by atoms with Gasteiger partial charge >= 0.3 is 5.69 Å². The van der Waals surface area contributed by atoms with Gasteiger partial charge in [0, 0.05) is 36.7 Å². The number of benzene rings is 1. The van der Waals surface area contributed by atoms with E-state index in [-0.39, 0.29) is 24.0 Å². The Bertz CT molecular complexity index is 1350. The molecule has 9 nitrogen and oxygen atoms in total. The molecule has 3 aromatic heterocycles. The van der Waals surface area contributed by atoms with Gasteiger partial charge in [0.05, 0.1) is 23.5 Å². The fourth-order valence-corrected chi connectivity index (χ4v) is 3.66. The minimum Gasteiger partial charge on any atom is -0.488 e. The first-order valence-electron chi connectivity index (χ1n) is 9.82. The van der Waals surface area contributed by atoms with E-state index in [2.05, 4.69) is 15.0 Å². The number of aromatic nitrogens is 4. The van der Waals surface area contributed by atoms with Crippen LogP contribution in [0.25, 0.3) is 27.8 Å². The van der Waals surface area contributed by atoms with Gasteiger partial charge in [-0.2, -0.15) is 0 Å². The SMILES string of the molecule is CC(CCO)Oc1ccnc2[nH]c(=O)n(-c3cc4c5c(cnc4cc3F)OCCO5)c12. The zero-order valence-corrected chi connectivity index (χ0v) is 16.6. The predicted octanol–water partition coefficient (Wildman–Crippen LogP) is 2.32. The summed E-state index contributed by atoms with van der Waals surface area (Å²) in [5.74, 6) is 0.622. The van der Waals surface area contributed by atoms with Gasteiger partial charge in [0.15, 0.2) is 17.1 Å². The largest absolute Gasteiger partial charge is 0.488 e. The Balaban J connectivity index is 1.74. The van der Waals surface area contributed by atoms with Gasteiger partial charge in [0.2, 0.25) is 0 Å². The first-order chi connectivity index (χ1) is 15.1. The van der Waals surface area contributed by atoms with Gasteiger partial charge in [-0.3, -0.25) is 14.5 Å². The Morgan fingerprint density at radius 2 is 2.16 bits per heavy atom. The molecule has 1 aromatic carbocycles. The number of aromatic amines is 1. The van der Waals surface area contributed by atoms with Crippen molar-refractivity contribution in [1.82, 2.24) is 19.5 Å². The van der Waals surface area contributed by atoms with Crippen LogP contribution in [0.2, 0.25) is 0 Å². The molecule has 4 aromatic rings. The van der Waals surface area contributed by atoms with E-state index in [1.807, 2.05) is 0 Å². The molecule has 160 valence electrons. The number of imidazole rings is 1. The summed E-state index contributed by atoms with van der Waals surface area (Å²) in [6, 6.07) is 4.35. The van der Waals surface area contributed by atoms with Crippen molar-refractivity contribution in [1.29, 1.82) is 0 Å². The van der Waals surface area contributed by atoms with Crippen molar-refractivity contribution in [3.8, 4) is 22.9 Å². The molecule has 31 heavy (non-hydrogen) atoms. The molecule has 1 atom stereocenters. The third-order valence-corrected chi connectivity index (χ3v) is 5.09. The van der Waals surface area contributed by atoms with Crippen LogP contribution in [-0.4, -0.2) is 50.6 Å². The number of ether oxygens (including phenoxy) is 3. The summed E-state index contributed by atoms with van der Waals surface area (Å²) in [5.41, 5.74) is 0.364. The molecule has 0 saturated carbocycles. The number of nitrogens with zero attached hydrogens (tertiary/aromatic N) is 3. The van der Waals surface area contributed by atoms with Gasteiger partial charge in [0.25, 0.3) is 0 Å². The summed E-state index contributed by atoms with van der Waals surface area (Å²) >= 11 is 0. The van der Waals surface area contributed by atoms with Crippen LogP contribution < -0.4 is 19.9 Å². The van der Waals surface area contributed by atoms with E-state index in [1.54, 1.807) is 13.0 Å². The van der Waals surface area contributed by atoms with Crippen LogP contribution in [0.1, 0.15) is 13.3 Å². The second-order valence-electron chi connectivity index (χ2n) is 7.18. The monoisotopic (exact) mass is 426 g/mol. The third-order valence-electron chi connectivity index (χ3n) is 5.09. The van der Waals surface area contributed by atoms with E-state index < -0.39 is 11.5 Å². The van der Waals surface area contributed by atoms with E-state index in [0.29, 0.717) is 53.3 Å². The molecule has 5 rings (SSSR count). The molecule has 0 saturated heterocycles. The molecular weight excluding hydrogens is 407 g/mol. The van der Waals surface area contributed by atoms with Crippen molar-refractivity contribution in [2.45, 2.75) is 19.4 Å². The minimum atomic E-state index is -0.641. The van der Waals surface area contributed by atoms with Crippen LogP contribution in [0.3, 0.4) is 0 Å². The Hall–Kier alpha value is -3.66. The van der Waals surface area contributed by atoms with Crippen molar-refractivity contribution in [2.75, 3.05) is 19.8 Å². The molecule has 0 radical (unpaired) electrons. The van der Waals surface area contributed by atoms with Gasteiger partial charge < -0.3 is 19.3 Å². The highest BCUT2D eigenvalue weighted by Crippen LogP contribution is 2.38. The highest BCUT2D eigenvalue weighted by atomic mass is 19.1. The first-order valence-corrected chi connectivity index (χ1v) is 9.82. The molecule has 4 heterocycles. The maximum Gasteiger partial charge on any atom is 0.332 e. The summed E-state index contributed by atoms with van der Waals surface area (Å²) in [7, 11) is 0. The number of nitrogens with one attached hydrogen (secondary N) is 1. The number of hydrogen-bond donors (Lipinski definition) is 2. The lowest BCUT2D eigenvalue weighted by Gasteiger charge is -2.20. The van der Waals surface area contributed by atoms with Crippen LogP contribution in [0.15, 0.2) is 35.4 Å². The standard InChI is InChI=1S/C21H19FN4O5/c1-11(3-5-27)31-16-2-4-23-20-18(16)26(21(28)25-20)15-8-12-14(9-13(15)22)24-10-17-19(12)30-7-6-29-17/h2,4,8-11,27H,3,5-7H2,1H3,(H,23,25,28). The lowest BCUT2D eigenvalue weighted by Crippen LogP contribution is -2.18. The lowest BCUT2D eigenvalue weighted by molar-refractivity contribution is 0.170. The van der Waals surface area contributed by atoms with Crippen LogP contribution >= 0.6 is 0 Å². The number of hydrogen-bond acceptors (Lipinski definition) is 7. The van der Waals surface area contributed by atoms with E-state index in [4.69, 9.17) is 19.3 Å². The van der Waals surface area contributed by atoms with Crippen molar-refractivity contribution in [3.05, 3.63) is 46.9 Å². The first kappa shape index (κ1) is 19.3. The second-order valence-corrected chi connectivity index (χ2v) is 7.18. The molecule has 1 aliphatic heterocycles. The molecule has 0 spiro atoms. The fraction of sp³-hybridized carbons (Fsp3) is 0.286. The predicted molar refractivity (Wildman–Crippen MR) is 110 cm³/mol. The number of halogens is 1. The second kappa shape index (κ2) is 7.55. The zero-order chi connectivity index (χ0) is 21.5. The molecule has 1 unspecified atom stereocenters. The maximum absolute atomic E-state index is 15.2. The van der Waals surface area contributed by atoms with Crippen LogP contribution in [-0.2, 0) is 0 Å². The quantitative estimate of drug-likeness (QED) is 0.504.